The molecule has 1 fully saturated rings. The van der Waals surface area contributed by atoms with E-state index in [1.807, 2.05) is 29.2 Å². The predicted molar refractivity (Wildman–Crippen MR) is 84.0 cm³/mol. The number of hydrogen-bond acceptors (Lipinski definition) is 3. The first kappa shape index (κ1) is 15.6. The van der Waals surface area contributed by atoms with Crippen LogP contribution in [0.3, 0.4) is 0 Å². The first-order chi connectivity index (χ1) is 10.2. The van der Waals surface area contributed by atoms with Crippen LogP contribution in [-0.4, -0.2) is 30.5 Å². The summed E-state index contributed by atoms with van der Waals surface area (Å²) in [7, 11) is 0. The van der Waals surface area contributed by atoms with E-state index in [9.17, 15) is 4.79 Å². The lowest BCUT2D eigenvalue weighted by molar-refractivity contribution is -0.128. The van der Waals surface area contributed by atoms with E-state index in [1.54, 1.807) is 6.08 Å². The van der Waals surface area contributed by atoms with Gasteiger partial charge in [0, 0.05) is 6.54 Å². The van der Waals surface area contributed by atoms with Gasteiger partial charge in [-0.25, -0.2) is 0 Å². The monoisotopic (exact) mass is 288 g/mol. The van der Waals surface area contributed by atoms with Crippen molar-refractivity contribution in [2.45, 2.75) is 26.4 Å². The van der Waals surface area contributed by atoms with E-state index < -0.39 is 0 Å². The van der Waals surface area contributed by atoms with Gasteiger partial charge in [-0.1, -0.05) is 45.1 Å². The molecule has 1 aliphatic rings. The summed E-state index contributed by atoms with van der Waals surface area (Å²) in [5, 5.41) is 3.28. The van der Waals surface area contributed by atoms with Crippen LogP contribution >= 0.6 is 0 Å². The highest BCUT2D eigenvalue weighted by Gasteiger charge is 2.31. The molecule has 0 saturated carbocycles. The van der Waals surface area contributed by atoms with Crippen molar-refractivity contribution in [2.75, 3.05) is 19.7 Å². The Morgan fingerprint density at radius 2 is 2.19 bits per heavy atom. The first-order valence-corrected chi connectivity index (χ1v) is 7.52. The number of amides is 1. The summed E-state index contributed by atoms with van der Waals surface area (Å²) < 4.78 is 5.48. The maximum absolute atomic E-state index is 12.0. The average molecular weight is 288 g/mol. The molecule has 1 aliphatic heterocycles. The summed E-state index contributed by atoms with van der Waals surface area (Å²) >= 11 is 0. The Morgan fingerprint density at radius 3 is 2.81 bits per heavy atom. The number of carbonyl (C=O) groups excluding carboxylic acids is 1. The fourth-order valence-corrected chi connectivity index (χ4v) is 2.41. The predicted octanol–water partition coefficient (Wildman–Crippen LogP) is 2.73. The van der Waals surface area contributed by atoms with Crippen LogP contribution in [0.4, 0.5) is 0 Å². The Bertz CT molecular complexity index is 484. The maximum atomic E-state index is 12.0. The van der Waals surface area contributed by atoms with Gasteiger partial charge in [0.15, 0.2) is 0 Å². The minimum Gasteiger partial charge on any atom is -0.490 e. The van der Waals surface area contributed by atoms with E-state index in [-0.39, 0.29) is 12.1 Å². The molecule has 0 bridgehead atoms. The standard InChI is InChI=1S/C17H24N2O2/c1-4-10-21-15-8-6-14(7-9-15)17-18-11-16(20)19(17)12-13(3)5-2/h4,6-9,13,17-18H,1,5,10-12H2,2-3H3. The van der Waals surface area contributed by atoms with Gasteiger partial charge >= 0.3 is 0 Å². The number of carbonyl (C=O) groups is 1. The van der Waals surface area contributed by atoms with Crippen LogP contribution in [0.2, 0.25) is 0 Å². The Hall–Kier alpha value is -1.81. The van der Waals surface area contributed by atoms with Crippen molar-refractivity contribution in [2.24, 2.45) is 5.92 Å². The smallest absolute Gasteiger partial charge is 0.238 e. The van der Waals surface area contributed by atoms with Gasteiger partial charge in [-0.15, -0.1) is 0 Å². The van der Waals surface area contributed by atoms with E-state index in [1.165, 1.54) is 0 Å². The minimum absolute atomic E-state index is 0.0278. The molecular weight excluding hydrogens is 264 g/mol. The lowest BCUT2D eigenvalue weighted by Crippen LogP contribution is -2.33. The van der Waals surface area contributed by atoms with Crippen molar-refractivity contribution >= 4 is 5.91 Å². The van der Waals surface area contributed by atoms with E-state index in [0.29, 0.717) is 19.1 Å². The number of nitrogens with one attached hydrogen (secondary N) is 1. The maximum Gasteiger partial charge on any atom is 0.238 e. The largest absolute Gasteiger partial charge is 0.490 e. The molecule has 2 unspecified atom stereocenters. The van der Waals surface area contributed by atoms with Crippen LogP contribution in [0, 0.1) is 5.92 Å². The van der Waals surface area contributed by atoms with Crippen LogP contribution in [0.25, 0.3) is 0 Å². The Balaban J connectivity index is 2.08. The number of rotatable bonds is 7. The summed E-state index contributed by atoms with van der Waals surface area (Å²) in [5.74, 6) is 1.50. The molecule has 0 aliphatic carbocycles. The Labute approximate surface area is 126 Å². The second kappa shape index (κ2) is 7.27. The topological polar surface area (TPSA) is 41.6 Å². The van der Waals surface area contributed by atoms with Crippen LogP contribution in [0.5, 0.6) is 5.75 Å². The zero-order valence-electron chi connectivity index (χ0n) is 12.8. The van der Waals surface area contributed by atoms with Crippen molar-refractivity contribution in [3.8, 4) is 5.75 Å². The van der Waals surface area contributed by atoms with Gasteiger partial charge < -0.3 is 9.64 Å². The van der Waals surface area contributed by atoms with Gasteiger partial charge in [0.1, 0.15) is 18.5 Å². The molecule has 1 amide bonds. The highest BCUT2D eigenvalue weighted by Crippen LogP contribution is 2.25. The molecule has 1 N–H and O–H groups in total. The molecule has 2 atom stereocenters. The van der Waals surface area contributed by atoms with E-state index in [0.717, 1.165) is 24.3 Å². The van der Waals surface area contributed by atoms with Crippen molar-refractivity contribution < 1.29 is 9.53 Å². The second-order valence-corrected chi connectivity index (χ2v) is 5.51. The fourth-order valence-electron chi connectivity index (χ4n) is 2.41. The molecule has 0 aromatic heterocycles. The zero-order chi connectivity index (χ0) is 15.2. The summed E-state index contributed by atoms with van der Waals surface area (Å²) in [6, 6.07) is 7.89. The van der Waals surface area contributed by atoms with Crippen LogP contribution < -0.4 is 10.1 Å². The van der Waals surface area contributed by atoms with Gasteiger partial charge in [-0.3, -0.25) is 10.1 Å². The third-order valence-electron chi connectivity index (χ3n) is 3.85. The van der Waals surface area contributed by atoms with E-state index in [2.05, 4.69) is 25.7 Å². The van der Waals surface area contributed by atoms with Crippen molar-refractivity contribution in [3.05, 3.63) is 42.5 Å². The molecule has 1 heterocycles. The van der Waals surface area contributed by atoms with Crippen molar-refractivity contribution in [1.82, 2.24) is 10.2 Å². The SMILES string of the molecule is C=CCOc1ccc(C2NCC(=O)N2CC(C)CC)cc1. The lowest BCUT2D eigenvalue weighted by Gasteiger charge is -2.27. The summed E-state index contributed by atoms with van der Waals surface area (Å²) in [5.41, 5.74) is 1.09. The molecular formula is C17H24N2O2. The summed E-state index contributed by atoms with van der Waals surface area (Å²) in [4.78, 5) is 14.0. The molecule has 1 aromatic carbocycles. The third kappa shape index (κ3) is 3.85. The Kier molecular flexibility index (Phi) is 5.39. The molecule has 114 valence electrons. The summed E-state index contributed by atoms with van der Waals surface area (Å²) in [6.07, 6.45) is 2.77. The van der Waals surface area contributed by atoms with Crippen LogP contribution in [0.15, 0.2) is 36.9 Å². The number of nitrogens with zero attached hydrogens (tertiary/aromatic N) is 1. The van der Waals surface area contributed by atoms with Gasteiger partial charge in [0.2, 0.25) is 5.91 Å². The molecule has 4 heteroatoms. The lowest BCUT2D eigenvalue weighted by atomic mass is 10.1. The van der Waals surface area contributed by atoms with Gasteiger partial charge in [0.25, 0.3) is 0 Å². The van der Waals surface area contributed by atoms with Gasteiger partial charge in [0.05, 0.1) is 6.54 Å². The van der Waals surface area contributed by atoms with Crippen LogP contribution in [-0.2, 0) is 4.79 Å². The molecule has 0 radical (unpaired) electrons. The zero-order valence-corrected chi connectivity index (χ0v) is 12.8. The average Bonchev–Trinajstić information content (AvgIpc) is 2.86. The molecule has 0 spiro atoms. The highest BCUT2D eigenvalue weighted by atomic mass is 16.5. The fraction of sp³-hybridized carbons (Fsp3) is 0.471. The second-order valence-electron chi connectivity index (χ2n) is 5.51. The van der Waals surface area contributed by atoms with Gasteiger partial charge in [-0.2, -0.15) is 0 Å². The highest BCUT2D eigenvalue weighted by molar-refractivity contribution is 5.81. The quantitative estimate of drug-likeness (QED) is 0.784. The summed E-state index contributed by atoms with van der Waals surface area (Å²) in [6.45, 7) is 9.66. The third-order valence-corrected chi connectivity index (χ3v) is 3.85. The molecule has 4 nitrogen and oxygen atoms in total. The Morgan fingerprint density at radius 1 is 1.48 bits per heavy atom. The van der Waals surface area contributed by atoms with Gasteiger partial charge in [-0.05, 0) is 23.6 Å². The van der Waals surface area contributed by atoms with E-state index in [4.69, 9.17) is 4.74 Å². The van der Waals surface area contributed by atoms with Crippen molar-refractivity contribution in [3.63, 3.8) is 0 Å². The first-order valence-electron chi connectivity index (χ1n) is 7.52. The molecule has 2 rings (SSSR count). The minimum atomic E-state index is -0.0278. The molecule has 21 heavy (non-hydrogen) atoms. The van der Waals surface area contributed by atoms with Crippen LogP contribution in [0.1, 0.15) is 32.0 Å². The number of hydrogen-bond donors (Lipinski definition) is 1. The number of benzene rings is 1. The van der Waals surface area contributed by atoms with E-state index >= 15 is 0 Å². The number of ether oxygens (including phenoxy) is 1. The van der Waals surface area contributed by atoms with Crippen molar-refractivity contribution in [1.29, 1.82) is 0 Å². The molecule has 1 saturated heterocycles. The normalized spacial score (nSPS) is 19.6. The molecule has 1 aromatic rings.